The summed E-state index contributed by atoms with van der Waals surface area (Å²) in [4.78, 5) is 4.47. The molecule has 1 unspecified atom stereocenters. The first-order chi connectivity index (χ1) is 8.31. The molecule has 2 aromatic rings. The minimum atomic E-state index is 0.182. The van der Waals surface area contributed by atoms with Crippen molar-refractivity contribution in [3.05, 3.63) is 65.5 Å². The Labute approximate surface area is 103 Å². The topological polar surface area (TPSA) is 24.9 Å². The van der Waals surface area contributed by atoms with E-state index in [0.29, 0.717) is 0 Å². The van der Waals surface area contributed by atoms with Gasteiger partial charge in [-0.25, -0.2) is 0 Å². The fourth-order valence-corrected chi connectivity index (χ4v) is 1.96. The lowest BCUT2D eigenvalue weighted by molar-refractivity contribution is 0.615. The van der Waals surface area contributed by atoms with Crippen LogP contribution >= 0.6 is 0 Å². The average molecular weight is 226 g/mol. The van der Waals surface area contributed by atoms with Crippen LogP contribution in [-0.2, 0) is 0 Å². The molecule has 88 valence electrons. The fraction of sp³-hybridized carbons (Fsp3) is 0.267. The molecule has 17 heavy (non-hydrogen) atoms. The molecule has 0 spiro atoms. The van der Waals surface area contributed by atoms with Gasteiger partial charge in [-0.05, 0) is 36.7 Å². The predicted molar refractivity (Wildman–Crippen MR) is 70.9 cm³/mol. The quantitative estimate of drug-likeness (QED) is 0.866. The van der Waals surface area contributed by atoms with E-state index >= 15 is 0 Å². The van der Waals surface area contributed by atoms with Gasteiger partial charge in [0.1, 0.15) is 0 Å². The molecule has 1 atom stereocenters. The molecule has 0 bridgehead atoms. The maximum atomic E-state index is 4.47. The van der Waals surface area contributed by atoms with E-state index in [1.165, 1.54) is 11.1 Å². The third-order valence-electron chi connectivity index (χ3n) is 2.77. The first kappa shape index (κ1) is 11.8. The normalized spacial score (nSPS) is 12.4. The van der Waals surface area contributed by atoms with Crippen LogP contribution in [0.4, 0.5) is 0 Å². The van der Waals surface area contributed by atoms with Crippen LogP contribution in [0.1, 0.15) is 29.8 Å². The first-order valence-electron chi connectivity index (χ1n) is 6.02. The monoisotopic (exact) mass is 226 g/mol. The highest BCUT2D eigenvalue weighted by Crippen LogP contribution is 2.20. The molecule has 2 heteroatoms. The van der Waals surface area contributed by atoms with Crippen LogP contribution in [0, 0.1) is 6.92 Å². The van der Waals surface area contributed by atoms with Gasteiger partial charge in [-0.3, -0.25) is 4.98 Å². The molecule has 0 saturated carbocycles. The van der Waals surface area contributed by atoms with Crippen LogP contribution in [0.2, 0.25) is 0 Å². The Balaban J connectivity index is 2.35. The van der Waals surface area contributed by atoms with Gasteiger partial charge in [-0.2, -0.15) is 0 Å². The summed E-state index contributed by atoms with van der Waals surface area (Å²) in [5, 5.41) is 3.48. The van der Waals surface area contributed by atoms with Crippen LogP contribution in [-0.4, -0.2) is 11.5 Å². The molecule has 1 heterocycles. The van der Waals surface area contributed by atoms with Gasteiger partial charge in [0.2, 0.25) is 0 Å². The molecule has 0 radical (unpaired) electrons. The maximum absolute atomic E-state index is 4.47. The summed E-state index contributed by atoms with van der Waals surface area (Å²) in [6, 6.07) is 14.8. The summed E-state index contributed by atoms with van der Waals surface area (Å²) < 4.78 is 0. The van der Waals surface area contributed by atoms with Crippen LogP contribution in [0.3, 0.4) is 0 Å². The van der Waals surface area contributed by atoms with Crippen molar-refractivity contribution in [1.82, 2.24) is 10.3 Å². The van der Waals surface area contributed by atoms with Crippen molar-refractivity contribution < 1.29 is 0 Å². The number of hydrogen-bond acceptors (Lipinski definition) is 2. The second-order valence-corrected chi connectivity index (χ2v) is 4.16. The highest BCUT2D eigenvalue weighted by molar-refractivity contribution is 5.29. The van der Waals surface area contributed by atoms with E-state index in [-0.39, 0.29) is 6.04 Å². The summed E-state index contributed by atoms with van der Waals surface area (Å²) in [7, 11) is 0. The number of aryl methyl sites for hydroxylation is 1. The van der Waals surface area contributed by atoms with Gasteiger partial charge in [0.25, 0.3) is 0 Å². The van der Waals surface area contributed by atoms with E-state index in [2.05, 4.69) is 54.5 Å². The fourth-order valence-electron chi connectivity index (χ4n) is 1.96. The first-order valence-corrected chi connectivity index (χ1v) is 6.02. The number of nitrogens with zero attached hydrogens (tertiary/aromatic N) is 1. The van der Waals surface area contributed by atoms with Gasteiger partial charge in [0, 0.05) is 6.20 Å². The lowest BCUT2D eigenvalue weighted by Crippen LogP contribution is -2.22. The minimum absolute atomic E-state index is 0.182. The number of pyridine rings is 1. The van der Waals surface area contributed by atoms with E-state index in [1.807, 2.05) is 18.3 Å². The Bertz CT molecular complexity index is 465. The van der Waals surface area contributed by atoms with E-state index in [0.717, 1.165) is 12.2 Å². The lowest BCUT2D eigenvalue weighted by Gasteiger charge is -2.18. The van der Waals surface area contributed by atoms with Crippen molar-refractivity contribution in [2.45, 2.75) is 19.9 Å². The molecular weight excluding hydrogens is 208 g/mol. The van der Waals surface area contributed by atoms with Crippen LogP contribution in [0.25, 0.3) is 0 Å². The molecule has 1 N–H and O–H groups in total. The molecule has 0 fully saturated rings. The summed E-state index contributed by atoms with van der Waals surface area (Å²) in [6.45, 7) is 5.14. The van der Waals surface area contributed by atoms with Gasteiger partial charge in [0.15, 0.2) is 0 Å². The van der Waals surface area contributed by atoms with Gasteiger partial charge in [-0.15, -0.1) is 0 Å². The summed E-state index contributed by atoms with van der Waals surface area (Å²) in [5.41, 5.74) is 3.58. The van der Waals surface area contributed by atoms with Gasteiger partial charge >= 0.3 is 0 Å². The van der Waals surface area contributed by atoms with Crippen molar-refractivity contribution in [1.29, 1.82) is 0 Å². The van der Waals surface area contributed by atoms with Gasteiger partial charge in [-0.1, -0.05) is 37.3 Å². The Hall–Kier alpha value is -1.67. The van der Waals surface area contributed by atoms with E-state index in [1.54, 1.807) is 0 Å². The number of aromatic nitrogens is 1. The molecule has 1 aromatic carbocycles. The molecule has 0 amide bonds. The van der Waals surface area contributed by atoms with E-state index < -0.39 is 0 Å². The van der Waals surface area contributed by atoms with Gasteiger partial charge in [0.05, 0.1) is 11.7 Å². The van der Waals surface area contributed by atoms with Gasteiger partial charge < -0.3 is 5.32 Å². The molecule has 0 aliphatic heterocycles. The van der Waals surface area contributed by atoms with E-state index in [4.69, 9.17) is 0 Å². The zero-order valence-electron chi connectivity index (χ0n) is 10.4. The SMILES string of the molecule is CCNC(c1ccccc1)c1cc(C)ccn1. The molecule has 1 aromatic heterocycles. The highest BCUT2D eigenvalue weighted by Gasteiger charge is 2.13. The third-order valence-corrected chi connectivity index (χ3v) is 2.77. The number of benzene rings is 1. The second-order valence-electron chi connectivity index (χ2n) is 4.16. The summed E-state index contributed by atoms with van der Waals surface area (Å²) >= 11 is 0. The zero-order chi connectivity index (χ0) is 12.1. The zero-order valence-corrected chi connectivity index (χ0v) is 10.4. The summed E-state index contributed by atoms with van der Waals surface area (Å²) in [6.07, 6.45) is 1.87. The van der Waals surface area contributed by atoms with Crippen molar-refractivity contribution in [3.8, 4) is 0 Å². The molecular formula is C15H18N2. The average Bonchev–Trinajstić information content (AvgIpc) is 2.37. The van der Waals surface area contributed by atoms with Crippen molar-refractivity contribution >= 4 is 0 Å². The molecule has 2 nitrogen and oxygen atoms in total. The second kappa shape index (κ2) is 5.60. The third kappa shape index (κ3) is 2.92. The molecule has 0 aliphatic carbocycles. The lowest BCUT2D eigenvalue weighted by atomic mass is 10.0. The minimum Gasteiger partial charge on any atom is -0.305 e. The standard InChI is InChI=1S/C15H18N2/c1-3-16-15(13-7-5-4-6-8-13)14-11-12(2)9-10-17-14/h4-11,15-16H,3H2,1-2H3. The largest absolute Gasteiger partial charge is 0.305 e. The van der Waals surface area contributed by atoms with Crippen molar-refractivity contribution in [3.63, 3.8) is 0 Å². The maximum Gasteiger partial charge on any atom is 0.0751 e. The van der Waals surface area contributed by atoms with E-state index in [9.17, 15) is 0 Å². The Kier molecular flexibility index (Phi) is 3.89. The molecule has 0 saturated heterocycles. The van der Waals surface area contributed by atoms with Crippen LogP contribution < -0.4 is 5.32 Å². The Morgan fingerprint density at radius 1 is 1.18 bits per heavy atom. The van der Waals surface area contributed by atoms with Crippen LogP contribution in [0.15, 0.2) is 48.7 Å². The highest BCUT2D eigenvalue weighted by atomic mass is 14.9. The molecule has 0 aliphatic rings. The van der Waals surface area contributed by atoms with Crippen molar-refractivity contribution in [2.75, 3.05) is 6.54 Å². The number of nitrogens with one attached hydrogen (secondary N) is 1. The number of hydrogen-bond donors (Lipinski definition) is 1. The van der Waals surface area contributed by atoms with Crippen LogP contribution in [0.5, 0.6) is 0 Å². The smallest absolute Gasteiger partial charge is 0.0751 e. The van der Waals surface area contributed by atoms with Crippen molar-refractivity contribution in [2.24, 2.45) is 0 Å². The Morgan fingerprint density at radius 2 is 1.94 bits per heavy atom. The summed E-state index contributed by atoms with van der Waals surface area (Å²) in [5.74, 6) is 0. The Morgan fingerprint density at radius 3 is 2.59 bits per heavy atom. The predicted octanol–water partition coefficient (Wildman–Crippen LogP) is 3.09. The molecule has 2 rings (SSSR count). The number of rotatable bonds is 4.